The first-order valence-corrected chi connectivity index (χ1v) is 26.5. The molecular weight excluding hydrogens is 1010 g/mol. The summed E-state index contributed by atoms with van der Waals surface area (Å²) in [5, 5.41) is 34.9. The minimum Gasteiger partial charge on any atom is -0.508 e. The zero-order valence-corrected chi connectivity index (χ0v) is 43.7. The summed E-state index contributed by atoms with van der Waals surface area (Å²) in [6, 6.07) is 26.9. The van der Waals surface area contributed by atoms with Crippen molar-refractivity contribution in [3.05, 3.63) is 112 Å². The number of carbonyl (C=O) groups is 3. The summed E-state index contributed by atoms with van der Waals surface area (Å²) >= 11 is 6.64. The van der Waals surface area contributed by atoms with Gasteiger partial charge in [0.25, 0.3) is 0 Å². The number of hydrogen-bond acceptors (Lipinski definition) is 14. The number of thiophene rings is 1. The van der Waals surface area contributed by atoms with Crippen LogP contribution in [0.4, 0.5) is 0 Å². The van der Waals surface area contributed by atoms with Crippen molar-refractivity contribution < 1.29 is 43.9 Å². The van der Waals surface area contributed by atoms with Crippen LogP contribution in [0.3, 0.4) is 0 Å². The van der Waals surface area contributed by atoms with E-state index in [-0.39, 0.29) is 50.0 Å². The fourth-order valence-corrected chi connectivity index (χ4v) is 11.3. The van der Waals surface area contributed by atoms with E-state index in [1.165, 1.54) is 4.90 Å². The summed E-state index contributed by atoms with van der Waals surface area (Å²) in [6.07, 6.45) is -0.902. The first kappa shape index (κ1) is 52.1. The van der Waals surface area contributed by atoms with E-state index >= 15 is 0 Å². The van der Waals surface area contributed by atoms with Crippen molar-refractivity contribution in [2.24, 2.45) is 11.3 Å². The average Bonchev–Trinajstić information content (AvgIpc) is 4.08. The van der Waals surface area contributed by atoms with Gasteiger partial charge in [0.2, 0.25) is 11.8 Å². The minimum atomic E-state index is -0.954. The normalized spacial score (nSPS) is 17.6. The number of nitrogens with zero attached hydrogens (tertiary/aromatic N) is 4. The molecule has 14 nitrogen and oxygen atoms in total. The molecule has 0 spiro atoms. The number of ether oxygens (including phenoxy) is 3. The monoisotopic (exact) mass is 1070 g/mol. The van der Waals surface area contributed by atoms with Crippen LogP contribution in [0.25, 0.3) is 31.0 Å². The third-order valence-corrected chi connectivity index (χ3v) is 15.9. The maximum atomic E-state index is 14.2. The summed E-state index contributed by atoms with van der Waals surface area (Å²) in [4.78, 5) is 53.7. The second-order valence-electron chi connectivity index (χ2n) is 19.3. The average molecular weight is 1070 g/mol. The third kappa shape index (κ3) is 13.2. The maximum absolute atomic E-state index is 14.2. The van der Waals surface area contributed by atoms with Crippen LogP contribution in [0.2, 0.25) is 0 Å². The number of hydrogen-bond donors (Lipinski definition) is 4. The van der Waals surface area contributed by atoms with Crippen LogP contribution in [0.15, 0.2) is 101 Å². The van der Waals surface area contributed by atoms with Crippen molar-refractivity contribution in [1.82, 2.24) is 25.0 Å². The smallest absolute Gasteiger partial charge is 0.243 e. The lowest BCUT2D eigenvalue weighted by atomic mass is 9.77. The quantitative estimate of drug-likeness (QED) is 0.0537. The van der Waals surface area contributed by atoms with Crippen molar-refractivity contribution in [2.75, 3.05) is 72.2 Å². The van der Waals surface area contributed by atoms with E-state index in [9.17, 15) is 29.7 Å². The number of fused-ring (bicyclic) bond motifs is 1. The number of phenols is 1. The largest absolute Gasteiger partial charge is 0.508 e. The van der Waals surface area contributed by atoms with Crippen molar-refractivity contribution in [1.29, 1.82) is 0 Å². The number of aromatic hydroxyl groups is 1. The lowest BCUT2D eigenvalue weighted by molar-refractivity contribution is -0.147. The van der Waals surface area contributed by atoms with Crippen molar-refractivity contribution in [3.63, 3.8) is 0 Å². The van der Waals surface area contributed by atoms with E-state index in [0.717, 1.165) is 85.4 Å². The van der Waals surface area contributed by atoms with Crippen molar-refractivity contribution in [2.45, 2.75) is 58.7 Å². The fraction of sp³-hybridized carbons (Fsp3) is 0.407. The van der Waals surface area contributed by atoms with Crippen molar-refractivity contribution >= 4 is 66.3 Å². The first-order chi connectivity index (χ1) is 34.1. The number of benzene rings is 4. The number of Topliss-reactive ketones (excluding diaryl/α,β-unsaturated/α-hetero) is 1. The van der Waals surface area contributed by atoms with E-state index in [4.69, 9.17) is 14.2 Å². The summed E-state index contributed by atoms with van der Waals surface area (Å²) in [5.41, 5.74) is 4.83. The molecule has 0 radical (unpaired) electrons. The molecule has 376 valence electrons. The number of thiazole rings is 1. The zero-order chi connectivity index (χ0) is 50.2. The lowest BCUT2D eigenvalue weighted by Gasteiger charge is -2.35. The zero-order valence-electron chi connectivity index (χ0n) is 40.5. The first-order valence-electron chi connectivity index (χ1n) is 24.0. The van der Waals surface area contributed by atoms with Crippen molar-refractivity contribution in [3.8, 4) is 43.9 Å². The van der Waals surface area contributed by atoms with Gasteiger partial charge in [0.05, 0.1) is 46.3 Å². The van der Waals surface area contributed by atoms with Gasteiger partial charge < -0.3 is 39.7 Å². The molecule has 6 aromatic rings. The Kier molecular flexibility index (Phi) is 17.3. The van der Waals surface area contributed by atoms with Gasteiger partial charge in [-0.25, -0.2) is 4.98 Å². The molecule has 0 saturated carbocycles. The van der Waals surface area contributed by atoms with E-state index in [0.29, 0.717) is 31.1 Å². The highest BCUT2D eigenvalue weighted by molar-refractivity contribution is 9.10. The van der Waals surface area contributed by atoms with Gasteiger partial charge in [-0.15, -0.1) is 22.7 Å². The molecule has 17 heteroatoms. The van der Waals surface area contributed by atoms with Crippen LogP contribution in [-0.2, 0) is 19.1 Å². The molecule has 2 aliphatic heterocycles. The Hall–Kier alpha value is -5.24. The predicted molar refractivity (Wildman–Crippen MR) is 281 cm³/mol. The number of rotatable bonds is 20. The van der Waals surface area contributed by atoms with Crippen LogP contribution in [0.1, 0.15) is 50.9 Å². The Bertz CT molecular complexity index is 2750. The number of halogens is 1. The number of ketones is 1. The molecule has 2 fully saturated rings. The van der Waals surface area contributed by atoms with Crippen LogP contribution in [0, 0.1) is 18.3 Å². The molecule has 2 amide bonds. The predicted octanol–water partition coefficient (Wildman–Crippen LogP) is 8.71. The molecule has 2 aromatic heterocycles. The van der Waals surface area contributed by atoms with Gasteiger partial charge in [0.1, 0.15) is 36.5 Å². The summed E-state index contributed by atoms with van der Waals surface area (Å²) in [6.45, 7) is 13.0. The molecule has 4 N–H and O–H groups in total. The Morgan fingerprint density at radius 2 is 1.52 bits per heavy atom. The topological polar surface area (TPSA) is 174 Å². The Balaban J connectivity index is 0.746. The minimum absolute atomic E-state index is 0.0239. The van der Waals surface area contributed by atoms with Gasteiger partial charge in [-0.3, -0.25) is 24.2 Å². The standard InChI is InChI=1S/C54H62BrN5O9S2/c1-34-50(70-33-56-34)36-7-5-35(6-8-36)46(31-61)57-52(65)47-28-40(63)30-60(47)53(66)45(54(2,3)4)27-41(64)32-67-25-23-58-19-21-59(22-20-58)24-26-68-42-14-16-43(17-15-42)69-49-44-18-13-39(62)29-48(44)71-51(49)37-9-11-38(55)12-10-37/h5-18,29,33,40,45-47,61-63H,19-28,30-32H2,1-4H3,(H,57,65)/t40-,45-,46+,47+/m1/s1. The van der Waals surface area contributed by atoms with Gasteiger partial charge >= 0.3 is 0 Å². The molecule has 2 aliphatic rings. The Labute approximate surface area is 431 Å². The second-order valence-corrected chi connectivity index (χ2v) is 22.1. The lowest BCUT2D eigenvalue weighted by Crippen LogP contribution is -2.51. The van der Waals surface area contributed by atoms with Crippen LogP contribution in [0.5, 0.6) is 23.0 Å². The van der Waals surface area contributed by atoms with E-state index in [1.807, 2.05) is 107 Å². The number of carbonyl (C=O) groups excluding carboxylic acids is 3. The molecule has 8 rings (SSSR count). The fourth-order valence-electron chi connectivity index (χ4n) is 9.09. The van der Waals surface area contributed by atoms with Gasteiger partial charge in [-0.05, 0) is 83.6 Å². The van der Waals surface area contributed by atoms with E-state index < -0.39 is 35.4 Å². The number of aryl methyl sites for hydroxylation is 1. The summed E-state index contributed by atoms with van der Waals surface area (Å²) < 4.78 is 20.4. The molecule has 4 aromatic carbocycles. The Morgan fingerprint density at radius 3 is 2.17 bits per heavy atom. The molecule has 0 bridgehead atoms. The molecule has 4 atom stereocenters. The SMILES string of the molecule is Cc1ncsc1-c1ccc([C@H](CO)NC(=O)[C@@H]2C[C@@H](O)CN2C(=O)[C@@H](CC(=O)COCCN2CCN(CCOc3ccc(Oc4c(-c5ccc(Br)cc5)sc5cc(O)ccc45)cc3)CC2)C(C)(C)C)cc1. The highest BCUT2D eigenvalue weighted by atomic mass is 79.9. The highest BCUT2D eigenvalue weighted by Crippen LogP contribution is 2.47. The number of β-amino-alcohol motifs (C(OH)–C–C–N with tert-alkyl or cyclic N) is 1. The number of aromatic nitrogens is 1. The third-order valence-electron chi connectivity index (χ3n) is 13.2. The number of amides is 2. The Morgan fingerprint density at radius 1 is 0.873 bits per heavy atom. The molecule has 0 unspecified atom stereocenters. The number of aliphatic hydroxyl groups excluding tert-OH is 2. The van der Waals surface area contributed by atoms with Gasteiger partial charge in [-0.1, -0.05) is 73.1 Å². The maximum Gasteiger partial charge on any atom is 0.243 e. The van der Waals surface area contributed by atoms with Gasteiger partial charge in [0.15, 0.2) is 11.5 Å². The van der Waals surface area contributed by atoms with Gasteiger partial charge in [-0.2, -0.15) is 0 Å². The van der Waals surface area contributed by atoms with Crippen LogP contribution in [-0.4, -0.2) is 137 Å². The van der Waals surface area contributed by atoms with Crippen LogP contribution < -0.4 is 14.8 Å². The molecule has 0 aliphatic carbocycles. The molecule has 2 saturated heterocycles. The van der Waals surface area contributed by atoms with Crippen LogP contribution >= 0.6 is 38.6 Å². The highest BCUT2D eigenvalue weighted by Gasteiger charge is 2.45. The summed E-state index contributed by atoms with van der Waals surface area (Å²) in [5.74, 6) is 0.616. The number of aliphatic hydroxyl groups is 2. The number of nitrogens with one attached hydrogen (secondary N) is 1. The summed E-state index contributed by atoms with van der Waals surface area (Å²) in [7, 11) is 0. The second kappa shape index (κ2) is 23.5. The molecule has 71 heavy (non-hydrogen) atoms. The van der Waals surface area contributed by atoms with E-state index in [2.05, 4.69) is 36.0 Å². The van der Waals surface area contributed by atoms with Gasteiger partial charge in [0, 0.05) is 79.1 Å². The number of piperazine rings is 1. The van der Waals surface area contributed by atoms with E-state index in [1.54, 1.807) is 40.3 Å². The number of likely N-dealkylation sites (tertiary alicyclic amines) is 1. The molecule has 4 heterocycles. The number of phenolic OH excluding ortho intramolecular Hbond substituents is 1. The molecular formula is C54H62BrN5O9S2.